The largest absolute Gasteiger partial charge is 0.497 e. The molecule has 2 heterocycles. The third kappa shape index (κ3) is 2.94. The molecule has 6 heteroatoms. The summed E-state index contributed by atoms with van der Waals surface area (Å²) in [6.07, 6.45) is 0. The molecule has 0 bridgehead atoms. The summed E-state index contributed by atoms with van der Waals surface area (Å²) in [6, 6.07) is 7.12. The van der Waals surface area contributed by atoms with Crippen LogP contribution in [0.1, 0.15) is 33.4 Å². The van der Waals surface area contributed by atoms with Gasteiger partial charge in [-0.3, -0.25) is 9.89 Å². The predicted octanol–water partition coefficient (Wildman–Crippen LogP) is 2.25. The Bertz CT molecular complexity index is 691. The first-order chi connectivity index (χ1) is 11.1. The Hall–Kier alpha value is -2.34. The number of H-pyrrole nitrogens is 1. The minimum absolute atomic E-state index is 0.0165. The smallest absolute Gasteiger partial charge is 0.254 e. The van der Waals surface area contributed by atoms with Gasteiger partial charge in [-0.2, -0.15) is 5.10 Å². The van der Waals surface area contributed by atoms with Crippen molar-refractivity contribution in [3.05, 3.63) is 46.8 Å². The number of nitrogens with zero attached hydrogens (tertiary/aromatic N) is 2. The molecular weight excluding hydrogens is 294 g/mol. The van der Waals surface area contributed by atoms with Crippen LogP contribution in [-0.2, 0) is 4.74 Å². The van der Waals surface area contributed by atoms with E-state index in [-0.39, 0.29) is 11.9 Å². The van der Waals surface area contributed by atoms with E-state index in [2.05, 4.69) is 10.2 Å². The molecule has 1 aliphatic heterocycles. The first-order valence-electron chi connectivity index (χ1n) is 7.66. The topological polar surface area (TPSA) is 67.4 Å². The molecule has 0 unspecified atom stereocenters. The number of aromatic amines is 1. The van der Waals surface area contributed by atoms with Gasteiger partial charge in [0.15, 0.2) is 0 Å². The number of aromatic nitrogens is 2. The number of hydrogen-bond acceptors (Lipinski definition) is 4. The lowest BCUT2D eigenvalue weighted by Crippen LogP contribution is -2.43. The molecule has 1 N–H and O–H groups in total. The van der Waals surface area contributed by atoms with Gasteiger partial charge >= 0.3 is 0 Å². The summed E-state index contributed by atoms with van der Waals surface area (Å²) in [5.74, 6) is 0.661. The minimum Gasteiger partial charge on any atom is -0.497 e. The Balaban J connectivity index is 1.93. The highest BCUT2D eigenvalue weighted by atomic mass is 16.5. The molecule has 0 spiro atoms. The average Bonchev–Trinajstić information content (AvgIpc) is 2.93. The predicted molar refractivity (Wildman–Crippen MR) is 85.7 cm³/mol. The molecule has 0 saturated carbocycles. The monoisotopic (exact) mass is 315 g/mol. The fraction of sp³-hybridized carbons (Fsp3) is 0.412. The quantitative estimate of drug-likeness (QED) is 0.943. The van der Waals surface area contributed by atoms with Crippen molar-refractivity contribution >= 4 is 5.91 Å². The lowest BCUT2D eigenvalue weighted by molar-refractivity contribution is -0.00302. The van der Waals surface area contributed by atoms with Crippen molar-refractivity contribution in [2.45, 2.75) is 19.9 Å². The summed E-state index contributed by atoms with van der Waals surface area (Å²) in [4.78, 5) is 14.8. The van der Waals surface area contributed by atoms with Crippen LogP contribution in [0.4, 0.5) is 0 Å². The average molecular weight is 315 g/mol. The number of methoxy groups -OCH3 is 1. The van der Waals surface area contributed by atoms with Gasteiger partial charge in [0.2, 0.25) is 0 Å². The number of hydrogen-bond donors (Lipinski definition) is 1. The Labute approximate surface area is 135 Å². The third-order valence-corrected chi connectivity index (χ3v) is 4.22. The maximum Gasteiger partial charge on any atom is 0.254 e. The second-order valence-electron chi connectivity index (χ2n) is 5.67. The van der Waals surface area contributed by atoms with Gasteiger partial charge in [0.1, 0.15) is 5.75 Å². The zero-order chi connectivity index (χ0) is 16.4. The summed E-state index contributed by atoms with van der Waals surface area (Å²) in [7, 11) is 1.60. The summed E-state index contributed by atoms with van der Waals surface area (Å²) in [5, 5.41) is 7.23. The van der Waals surface area contributed by atoms with Gasteiger partial charge in [-0.25, -0.2) is 0 Å². The molecule has 1 atom stereocenters. The van der Waals surface area contributed by atoms with E-state index >= 15 is 0 Å². The minimum atomic E-state index is -0.124. The second kappa shape index (κ2) is 6.42. The van der Waals surface area contributed by atoms with Crippen LogP contribution in [0.15, 0.2) is 24.3 Å². The van der Waals surface area contributed by atoms with Crippen LogP contribution in [0.5, 0.6) is 5.75 Å². The number of rotatable bonds is 3. The Kier molecular flexibility index (Phi) is 4.34. The summed E-state index contributed by atoms with van der Waals surface area (Å²) in [6.45, 7) is 5.50. The van der Waals surface area contributed by atoms with E-state index in [9.17, 15) is 4.79 Å². The highest BCUT2D eigenvalue weighted by Crippen LogP contribution is 2.30. The fourth-order valence-corrected chi connectivity index (χ4v) is 3.06. The maximum atomic E-state index is 13.0. The van der Waals surface area contributed by atoms with Gasteiger partial charge in [-0.15, -0.1) is 0 Å². The molecule has 0 radical (unpaired) electrons. The molecule has 1 fully saturated rings. The molecule has 0 aliphatic carbocycles. The molecule has 1 aromatic heterocycles. The Morgan fingerprint density at radius 1 is 1.43 bits per heavy atom. The van der Waals surface area contributed by atoms with E-state index in [0.29, 0.717) is 31.1 Å². The van der Waals surface area contributed by atoms with E-state index < -0.39 is 0 Å². The van der Waals surface area contributed by atoms with Gasteiger partial charge in [0.05, 0.1) is 32.1 Å². The van der Waals surface area contributed by atoms with Crippen molar-refractivity contribution in [1.29, 1.82) is 0 Å². The van der Waals surface area contributed by atoms with Crippen molar-refractivity contribution < 1.29 is 14.3 Å². The number of morpholine rings is 1. The van der Waals surface area contributed by atoms with Gasteiger partial charge in [0, 0.05) is 23.4 Å². The van der Waals surface area contributed by atoms with E-state index in [1.165, 1.54) is 0 Å². The van der Waals surface area contributed by atoms with Crippen LogP contribution in [0.3, 0.4) is 0 Å². The number of aryl methyl sites for hydroxylation is 2. The van der Waals surface area contributed by atoms with Gasteiger partial charge in [-0.1, -0.05) is 6.07 Å². The molecule has 1 saturated heterocycles. The highest BCUT2D eigenvalue weighted by Gasteiger charge is 2.32. The summed E-state index contributed by atoms with van der Waals surface area (Å²) >= 11 is 0. The summed E-state index contributed by atoms with van der Waals surface area (Å²) < 4.78 is 10.8. The first kappa shape index (κ1) is 15.6. The van der Waals surface area contributed by atoms with Crippen molar-refractivity contribution in [2.75, 3.05) is 26.9 Å². The maximum absolute atomic E-state index is 13.0. The molecule has 122 valence electrons. The number of carbonyl (C=O) groups excluding carboxylic acids is 1. The molecular formula is C17H21N3O3. The normalized spacial score (nSPS) is 18.0. The number of benzene rings is 1. The summed E-state index contributed by atoms with van der Waals surface area (Å²) in [5.41, 5.74) is 3.54. The molecule has 6 nitrogen and oxygen atoms in total. The molecule has 1 aromatic carbocycles. The fourth-order valence-electron chi connectivity index (χ4n) is 3.06. The number of nitrogens with one attached hydrogen (secondary N) is 1. The highest BCUT2D eigenvalue weighted by molar-refractivity contribution is 5.95. The number of amides is 1. The van der Waals surface area contributed by atoms with E-state index in [1.54, 1.807) is 13.2 Å². The van der Waals surface area contributed by atoms with E-state index in [1.807, 2.05) is 36.9 Å². The van der Waals surface area contributed by atoms with Crippen molar-refractivity contribution in [3.63, 3.8) is 0 Å². The number of ether oxygens (including phenoxy) is 2. The molecule has 1 aliphatic rings. The van der Waals surface area contributed by atoms with Gasteiger partial charge in [0.25, 0.3) is 5.91 Å². The van der Waals surface area contributed by atoms with Crippen molar-refractivity contribution in [2.24, 2.45) is 0 Å². The van der Waals surface area contributed by atoms with Crippen LogP contribution >= 0.6 is 0 Å². The van der Waals surface area contributed by atoms with Crippen LogP contribution in [-0.4, -0.2) is 47.9 Å². The van der Waals surface area contributed by atoms with Crippen LogP contribution in [0, 0.1) is 13.8 Å². The van der Waals surface area contributed by atoms with Gasteiger partial charge < -0.3 is 14.4 Å². The zero-order valence-electron chi connectivity index (χ0n) is 13.6. The third-order valence-electron chi connectivity index (χ3n) is 4.22. The molecule has 3 rings (SSSR count). The first-order valence-corrected chi connectivity index (χ1v) is 7.66. The lowest BCUT2D eigenvalue weighted by Gasteiger charge is -2.36. The van der Waals surface area contributed by atoms with Crippen LogP contribution in [0.2, 0.25) is 0 Å². The van der Waals surface area contributed by atoms with Crippen LogP contribution in [0.25, 0.3) is 0 Å². The SMILES string of the molecule is COc1cccc(C(=O)N2CCOC[C@@H]2c2c(C)n[nH]c2C)c1. The van der Waals surface area contributed by atoms with E-state index in [0.717, 1.165) is 17.0 Å². The lowest BCUT2D eigenvalue weighted by atomic mass is 10.0. The number of carbonyl (C=O) groups is 1. The molecule has 2 aromatic rings. The zero-order valence-corrected chi connectivity index (χ0v) is 13.6. The molecule has 1 amide bonds. The Morgan fingerprint density at radius 3 is 2.96 bits per heavy atom. The van der Waals surface area contributed by atoms with Crippen LogP contribution < -0.4 is 4.74 Å². The standard InChI is InChI=1S/C17H21N3O3/c1-11-16(12(2)19-18-11)15-10-23-8-7-20(15)17(21)13-5-4-6-14(9-13)22-3/h4-6,9,15H,7-8,10H2,1-3H3,(H,18,19)/t15-/m1/s1. The van der Waals surface area contributed by atoms with E-state index in [4.69, 9.17) is 9.47 Å². The van der Waals surface area contributed by atoms with Crippen molar-refractivity contribution in [1.82, 2.24) is 15.1 Å². The van der Waals surface area contributed by atoms with Gasteiger partial charge in [-0.05, 0) is 32.0 Å². The second-order valence-corrected chi connectivity index (χ2v) is 5.67. The Morgan fingerprint density at radius 2 is 2.26 bits per heavy atom. The molecule has 23 heavy (non-hydrogen) atoms. The van der Waals surface area contributed by atoms with Crippen molar-refractivity contribution in [3.8, 4) is 5.75 Å².